The van der Waals surface area contributed by atoms with E-state index in [1.165, 1.54) is 0 Å². The summed E-state index contributed by atoms with van der Waals surface area (Å²) in [4.78, 5) is 0. The fraction of sp³-hybridized carbons (Fsp3) is 0. The first-order valence-electron chi connectivity index (χ1n) is 5.65. The van der Waals surface area contributed by atoms with Crippen molar-refractivity contribution in [3.8, 4) is 0 Å². The molecule has 40 heavy (non-hydrogen) atoms. The molecule has 0 saturated carbocycles. The van der Waals surface area contributed by atoms with E-state index in [1.807, 2.05) is 0 Å². The van der Waals surface area contributed by atoms with Gasteiger partial charge in [-0.2, -0.15) is 0 Å². The van der Waals surface area contributed by atoms with Gasteiger partial charge in [0.2, 0.25) is 0 Å². The van der Waals surface area contributed by atoms with Crippen LogP contribution in [0.2, 0.25) is 0 Å². The van der Waals surface area contributed by atoms with Gasteiger partial charge in [-0.25, -0.2) is 0 Å². The van der Waals surface area contributed by atoms with Gasteiger partial charge in [-0.15, -0.1) is 0 Å². The molecule has 0 heterocycles. The summed E-state index contributed by atoms with van der Waals surface area (Å²) >= 11 is 63.0. The van der Waals surface area contributed by atoms with Crippen LogP contribution in [0.1, 0.15) is 0 Å². The van der Waals surface area contributed by atoms with Gasteiger partial charge in [0.05, 0.1) is 0 Å². The zero-order valence-corrected chi connectivity index (χ0v) is 99.5. The molecule has 0 atom stereocenters. The Morgan fingerprint density at radius 1 is 0.200 bits per heavy atom. The SMILES string of the molecule is [B]I(I)I(I)I(I)I(I)I(I)I(I)I(I)I(I)I(I)I(I)I(I)I(I)I(I)I(I)I(I)I(I)I(I)I(I)I(I)I. The third kappa shape index (κ3) is 28.3. The Bertz CT molecular complexity index is 612. The van der Waals surface area contributed by atoms with E-state index in [9.17, 15) is 0 Å². The Hall–Kier alpha value is 28.5. The molecular weight excluding hydrogens is 4960 g/mol. The van der Waals surface area contributed by atoms with Gasteiger partial charge < -0.3 is 0 Å². The van der Waals surface area contributed by atoms with Crippen molar-refractivity contribution in [3.05, 3.63) is 0 Å². The molecule has 40 heteroatoms. The second kappa shape index (κ2) is 40.9. The van der Waals surface area contributed by atoms with E-state index in [0.717, 1.165) is 0 Å². The van der Waals surface area contributed by atoms with E-state index in [2.05, 4.69) is 372 Å². The molecule has 0 unspecified atom stereocenters. The van der Waals surface area contributed by atoms with Crippen LogP contribution in [0.15, 0.2) is 0 Å². The molecule has 0 bridgehead atoms. The summed E-state index contributed by atoms with van der Waals surface area (Å²) in [7, 11) is -9.75. The van der Waals surface area contributed by atoms with Crippen LogP contribution < -0.4 is 0 Å². The first-order chi connectivity index (χ1) is 18.1. The summed E-state index contributed by atoms with van der Waals surface area (Å²) in [6.45, 7) is 0. The standard InChI is InChI=1S/BI39/c1-22(2)24(5)26(7)28(9)30(11)32(13)34(15)36(17)38(19)40(21)39(20)37(18)35(16)33(14)31(12)29(10)27(8)25(6)23(3)4. The van der Waals surface area contributed by atoms with Crippen molar-refractivity contribution in [1.82, 2.24) is 0 Å². The van der Waals surface area contributed by atoms with Crippen LogP contribution in [0.3, 0.4) is 0 Å². The van der Waals surface area contributed by atoms with Gasteiger partial charge in [0, 0.05) is 0 Å². The van der Waals surface area contributed by atoms with Gasteiger partial charge in [0.25, 0.3) is 0 Å². The minimum atomic E-state index is -0.963. The fourth-order valence-electron chi connectivity index (χ4n) is 0.533. The van der Waals surface area contributed by atoms with Crippen molar-refractivity contribution in [2.75, 3.05) is 0 Å². The van der Waals surface area contributed by atoms with Crippen molar-refractivity contribution in [2.45, 2.75) is 0 Å². The first-order valence-corrected chi connectivity index (χ1v) is 246. The summed E-state index contributed by atoms with van der Waals surface area (Å²) < 4.78 is 0. The Morgan fingerprint density at radius 2 is 0.325 bits per heavy atom. The average Bonchev–Trinajstić information content (AvgIpc) is 2.93. The van der Waals surface area contributed by atoms with Gasteiger partial charge in [-0.1, -0.05) is 0 Å². The van der Waals surface area contributed by atoms with E-state index in [0.29, 0.717) is 0 Å². The van der Waals surface area contributed by atoms with Crippen molar-refractivity contribution in [2.24, 2.45) is 0 Å². The predicted octanol–water partition coefficient (Wildman–Crippen LogP) is 34.2. The van der Waals surface area contributed by atoms with Crippen LogP contribution in [0.4, 0.5) is 0 Å². The maximum atomic E-state index is 6.62. The van der Waals surface area contributed by atoms with Crippen molar-refractivity contribution >= 4 is 532 Å². The Kier molecular flexibility index (Phi) is 70.0. The molecule has 0 aliphatic carbocycles. The van der Waals surface area contributed by atoms with Crippen LogP contribution >= 0.6 is 526 Å². The van der Waals surface area contributed by atoms with Crippen molar-refractivity contribution < 1.29 is 0 Å². The summed E-state index contributed by atoms with van der Waals surface area (Å²) in [5, 5.41) is 0. The zero-order valence-electron chi connectivity index (χ0n) is 15.3. The molecule has 0 spiro atoms. The first kappa shape index (κ1) is 68.5. The zero-order chi connectivity index (χ0) is 32.0. The van der Waals surface area contributed by atoms with E-state index in [-0.39, 0.29) is 0 Å². The van der Waals surface area contributed by atoms with Crippen LogP contribution in [-0.2, 0) is 0 Å². The second-order valence-electron chi connectivity index (χ2n) is 3.13. The number of hydrogen-bond donors (Lipinski definition) is 0. The normalized spacial score (nSPS) is 18.6. The van der Waals surface area contributed by atoms with Crippen LogP contribution in [0.25, 0.3) is 0 Å². The van der Waals surface area contributed by atoms with Crippen LogP contribution in [0.5, 0.6) is 0 Å². The van der Waals surface area contributed by atoms with Gasteiger partial charge in [-0.3, -0.25) is 0 Å². The molecule has 2 radical (unpaired) electrons. The number of hydrogen-bond acceptors (Lipinski definition) is 0. The molecule has 0 saturated heterocycles. The van der Waals surface area contributed by atoms with Gasteiger partial charge in [0.1, 0.15) is 0 Å². The predicted molar refractivity (Wildman–Crippen MR) is 553 cm³/mol. The summed E-state index contributed by atoms with van der Waals surface area (Å²) in [6, 6.07) is 0. The van der Waals surface area contributed by atoms with Crippen molar-refractivity contribution in [3.63, 3.8) is 0 Å². The topological polar surface area (TPSA) is 0 Å². The molecule has 0 amide bonds. The molecule has 276 valence electrons. The average molecular weight is 4960 g/mol. The maximum absolute atomic E-state index is 6.62. The van der Waals surface area contributed by atoms with Crippen LogP contribution in [0, 0.1) is 0 Å². The molecule has 0 N–H and O–H groups in total. The third-order valence-corrected chi connectivity index (χ3v) is 2910. The molecule has 0 aliphatic rings. The van der Waals surface area contributed by atoms with E-state index in [1.54, 1.807) is 0 Å². The molecule has 0 aromatic carbocycles. The van der Waals surface area contributed by atoms with Crippen LogP contribution in [-0.4, -0.2) is 5.70 Å². The second-order valence-corrected chi connectivity index (χ2v) is 904. The van der Waals surface area contributed by atoms with E-state index < -0.39 is 154 Å². The number of halogens is 39. The monoisotopic (exact) mass is 4960 g/mol. The minimum absolute atomic E-state index is 0.456. The van der Waals surface area contributed by atoms with E-state index in [4.69, 9.17) is 5.70 Å². The Balaban J connectivity index is 5.41. The molecule has 0 aliphatic heterocycles. The van der Waals surface area contributed by atoms with Gasteiger partial charge >= 0.3 is 532 Å². The molecule has 0 fully saturated rings. The molecule has 0 nitrogen and oxygen atoms in total. The summed E-state index contributed by atoms with van der Waals surface area (Å²) in [5.74, 6) is 0. The van der Waals surface area contributed by atoms with Gasteiger partial charge in [-0.05, 0) is 0 Å². The quantitative estimate of drug-likeness (QED) is 0.0948. The molecule has 0 aromatic heterocycles. The van der Waals surface area contributed by atoms with Gasteiger partial charge in [0.15, 0.2) is 0 Å². The molecule has 0 rings (SSSR count). The van der Waals surface area contributed by atoms with Crippen molar-refractivity contribution in [1.29, 1.82) is 0 Å². The molecule has 0 aromatic rings. The summed E-state index contributed by atoms with van der Waals surface area (Å²) in [5.41, 5.74) is 6.62. The molecular formula is BI39. The summed E-state index contributed by atoms with van der Waals surface area (Å²) in [6.07, 6.45) is 0. The Morgan fingerprint density at radius 3 is 0.450 bits per heavy atom. The van der Waals surface area contributed by atoms with E-state index >= 15 is 0 Å². The Labute approximate surface area is 501 Å². The third-order valence-electron chi connectivity index (χ3n) is 1.49. The number of rotatable bonds is 18. The fourth-order valence-corrected chi connectivity index (χ4v) is 6960.